The standard InChI is InChI=1S/C13H14N4/c1-10-15-8-13(17-10)9-16-12-4-2-11(3-5-12)6-7-14/h2-5,8,16H,6,9H2,1H3,(H,15,17). The van der Waals surface area contributed by atoms with Gasteiger partial charge in [0.05, 0.1) is 30.9 Å². The number of benzene rings is 1. The highest BCUT2D eigenvalue weighted by Crippen LogP contribution is 2.11. The second kappa shape index (κ2) is 5.17. The van der Waals surface area contributed by atoms with E-state index in [1.165, 1.54) is 0 Å². The molecule has 0 saturated heterocycles. The zero-order valence-electron chi connectivity index (χ0n) is 9.70. The first-order valence-electron chi connectivity index (χ1n) is 5.48. The van der Waals surface area contributed by atoms with Crippen LogP contribution in [0.25, 0.3) is 0 Å². The van der Waals surface area contributed by atoms with Gasteiger partial charge in [-0.05, 0) is 24.6 Å². The molecule has 0 spiro atoms. The van der Waals surface area contributed by atoms with Gasteiger partial charge in [-0.2, -0.15) is 5.26 Å². The summed E-state index contributed by atoms with van der Waals surface area (Å²) in [7, 11) is 0. The molecule has 17 heavy (non-hydrogen) atoms. The summed E-state index contributed by atoms with van der Waals surface area (Å²) in [4.78, 5) is 7.30. The van der Waals surface area contributed by atoms with Crippen LogP contribution in [-0.4, -0.2) is 9.97 Å². The first-order chi connectivity index (χ1) is 8.28. The lowest BCUT2D eigenvalue weighted by atomic mass is 10.1. The molecule has 86 valence electrons. The van der Waals surface area contributed by atoms with Crippen LogP contribution in [0.4, 0.5) is 5.69 Å². The van der Waals surface area contributed by atoms with Crippen molar-refractivity contribution in [2.75, 3.05) is 5.32 Å². The van der Waals surface area contributed by atoms with E-state index in [1.54, 1.807) is 0 Å². The van der Waals surface area contributed by atoms with Crippen molar-refractivity contribution in [2.24, 2.45) is 0 Å². The van der Waals surface area contributed by atoms with Crippen LogP contribution in [0.15, 0.2) is 30.5 Å². The number of aromatic amines is 1. The summed E-state index contributed by atoms with van der Waals surface area (Å²) in [5, 5.41) is 11.9. The molecule has 2 N–H and O–H groups in total. The molecule has 4 heteroatoms. The Hall–Kier alpha value is -2.28. The van der Waals surface area contributed by atoms with Crippen molar-refractivity contribution >= 4 is 5.69 Å². The first-order valence-corrected chi connectivity index (χ1v) is 5.48. The number of hydrogen-bond donors (Lipinski definition) is 2. The van der Waals surface area contributed by atoms with Gasteiger partial charge < -0.3 is 10.3 Å². The van der Waals surface area contributed by atoms with Crippen molar-refractivity contribution in [1.82, 2.24) is 9.97 Å². The molecule has 1 aromatic carbocycles. The van der Waals surface area contributed by atoms with Crippen LogP contribution in [0.1, 0.15) is 17.1 Å². The first kappa shape index (κ1) is 11.2. The van der Waals surface area contributed by atoms with E-state index in [0.29, 0.717) is 6.42 Å². The van der Waals surface area contributed by atoms with E-state index in [0.717, 1.165) is 29.3 Å². The lowest BCUT2D eigenvalue weighted by molar-refractivity contribution is 1.05. The molecule has 0 amide bonds. The Labute approximate surface area is 100 Å². The minimum atomic E-state index is 0.458. The van der Waals surface area contributed by atoms with Gasteiger partial charge in [-0.3, -0.25) is 0 Å². The van der Waals surface area contributed by atoms with Crippen LogP contribution in [0.3, 0.4) is 0 Å². The molecule has 4 nitrogen and oxygen atoms in total. The highest BCUT2D eigenvalue weighted by Gasteiger charge is 1.97. The van der Waals surface area contributed by atoms with E-state index in [4.69, 9.17) is 5.26 Å². The van der Waals surface area contributed by atoms with Gasteiger partial charge in [-0.15, -0.1) is 0 Å². The summed E-state index contributed by atoms with van der Waals surface area (Å²) in [5.41, 5.74) is 3.14. The van der Waals surface area contributed by atoms with Crippen LogP contribution < -0.4 is 5.32 Å². The SMILES string of the molecule is Cc1ncc(CNc2ccc(CC#N)cc2)[nH]1. The van der Waals surface area contributed by atoms with Crippen molar-refractivity contribution < 1.29 is 0 Å². The molecule has 0 aliphatic heterocycles. The fourth-order valence-corrected chi connectivity index (χ4v) is 1.59. The molecule has 0 aliphatic rings. The third-order valence-electron chi connectivity index (χ3n) is 2.48. The summed E-state index contributed by atoms with van der Waals surface area (Å²) >= 11 is 0. The molecule has 0 atom stereocenters. The van der Waals surface area contributed by atoms with Crippen molar-refractivity contribution in [3.8, 4) is 6.07 Å². The van der Waals surface area contributed by atoms with Gasteiger partial charge >= 0.3 is 0 Å². The van der Waals surface area contributed by atoms with Crippen LogP contribution in [0.5, 0.6) is 0 Å². The lowest BCUT2D eigenvalue weighted by Crippen LogP contribution is -1.99. The Balaban J connectivity index is 1.93. The highest BCUT2D eigenvalue weighted by molar-refractivity contribution is 5.45. The predicted octanol–water partition coefficient (Wildman–Crippen LogP) is 2.40. The van der Waals surface area contributed by atoms with Crippen LogP contribution >= 0.6 is 0 Å². The second-order valence-corrected chi connectivity index (χ2v) is 3.88. The van der Waals surface area contributed by atoms with Crippen LogP contribution in [0, 0.1) is 18.3 Å². The Morgan fingerprint density at radius 2 is 2.12 bits per heavy atom. The molecule has 1 heterocycles. The highest BCUT2D eigenvalue weighted by atomic mass is 15.0. The van der Waals surface area contributed by atoms with E-state index in [1.807, 2.05) is 37.4 Å². The molecule has 1 aromatic heterocycles. The Bertz CT molecular complexity index is 519. The van der Waals surface area contributed by atoms with Gasteiger partial charge in [-0.25, -0.2) is 4.98 Å². The summed E-state index contributed by atoms with van der Waals surface area (Å²) < 4.78 is 0. The van der Waals surface area contributed by atoms with E-state index >= 15 is 0 Å². The minimum Gasteiger partial charge on any atom is -0.379 e. The van der Waals surface area contributed by atoms with Crippen molar-refractivity contribution in [1.29, 1.82) is 5.26 Å². The van der Waals surface area contributed by atoms with Crippen molar-refractivity contribution in [2.45, 2.75) is 19.9 Å². The number of nitrogens with one attached hydrogen (secondary N) is 2. The van der Waals surface area contributed by atoms with E-state index < -0.39 is 0 Å². The van der Waals surface area contributed by atoms with Crippen molar-refractivity contribution in [3.63, 3.8) is 0 Å². The number of nitriles is 1. The average Bonchev–Trinajstić information content (AvgIpc) is 2.75. The number of hydrogen-bond acceptors (Lipinski definition) is 3. The summed E-state index contributed by atoms with van der Waals surface area (Å²) in [6.45, 7) is 2.65. The molecule has 0 aliphatic carbocycles. The fraction of sp³-hybridized carbons (Fsp3) is 0.231. The molecule has 2 aromatic rings. The average molecular weight is 226 g/mol. The molecular weight excluding hydrogens is 212 g/mol. The quantitative estimate of drug-likeness (QED) is 0.841. The number of aryl methyl sites for hydroxylation is 1. The molecule has 2 rings (SSSR count). The van der Waals surface area contributed by atoms with Crippen LogP contribution in [0.2, 0.25) is 0 Å². The van der Waals surface area contributed by atoms with Crippen LogP contribution in [-0.2, 0) is 13.0 Å². The lowest BCUT2D eigenvalue weighted by Gasteiger charge is -2.05. The van der Waals surface area contributed by atoms with Gasteiger partial charge in [0.15, 0.2) is 0 Å². The summed E-state index contributed by atoms with van der Waals surface area (Å²) in [6, 6.07) is 10.0. The predicted molar refractivity (Wildman–Crippen MR) is 66.4 cm³/mol. The molecule has 0 unspecified atom stereocenters. The second-order valence-electron chi connectivity index (χ2n) is 3.88. The van der Waals surface area contributed by atoms with Gasteiger partial charge in [-0.1, -0.05) is 12.1 Å². The largest absolute Gasteiger partial charge is 0.379 e. The van der Waals surface area contributed by atoms with E-state index in [-0.39, 0.29) is 0 Å². The molecular formula is C13H14N4. The van der Waals surface area contributed by atoms with Gasteiger partial charge in [0.1, 0.15) is 5.82 Å². The summed E-state index contributed by atoms with van der Waals surface area (Å²) in [6.07, 6.45) is 2.28. The number of imidazole rings is 1. The Morgan fingerprint density at radius 3 is 2.71 bits per heavy atom. The number of rotatable bonds is 4. The third-order valence-corrected chi connectivity index (χ3v) is 2.48. The maximum atomic E-state index is 8.57. The van der Waals surface area contributed by atoms with E-state index in [9.17, 15) is 0 Å². The maximum absolute atomic E-state index is 8.57. The topological polar surface area (TPSA) is 64.5 Å². The Kier molecular flexibility index (Phi) is 3.41. The summed E-state index contributed by atoms with van der Waals surface area (Å²) in [5.74, 6) is 0.922. The number of anilines is 1. The smallest absolute Gasteiger partial charge is 0.103 e. The minimum absolute atomic E-state index is 0.458. The zero-order chi connectivity index (χ0) is 12.1. The molecule has 0 radical (unpaired) electrons. The molecule has 0 fully saturated rings. The normalized spacial score (nSPS) is 9.88. The van der Waals surface area contributed by atoms with Gasteiger partial charge in [0.25, 0.3) is 0 Å². The monoisotopic (exact) mass is 226 g/mol. The van der Waals surface area contributed by atoms with Gasteiger partial charge in [0, 0.05) is 5.69 Å². The van der Waals surface area contributed by atoms with Gasteiger partial charge in [0.2, 0.25) is 0 Å². The van der Waals surface area contributed by atoms with E-state index in [2.05, 4.69) is 21.4 Å². The Morgan fingerprint density at radius 1 is 1.35 bits per heavy atom. The third kappa shape index (κ3) is 3.08. The fourth-order valence-electron chi connectivity index (χ4n) is 1.59. The zero-order valence-corrected chi connectivity index (χ0v) is 9.70. The van der Waals surface area contributed by atoms with Crippen molar-refractivity contribution in [3.05, 3.63) is 47.5 Å². The number of H-pyrrole nitrogens is 1. The maximum Gasteiger partial charge on any atom is 0.103 e. The molecule has 0 saturated carbocycles. The number of nitrogens with zero attached hydrogens (tertiary/aromatic N) is 2. The molecule has 0 bridgehead atoms. The number of aromatic nitrogens is 2.